The lowest BCUT2D eigenvalue weighted by Crippen LogP contribution is -1.95. The van der Waals surface area contributed by atoms with Crippen molar-refractivity contribution in [2.45, 2.75) is 13.0 Å². The highest BCUT2D eigenvalue weighted by Crippen LogP contribution is 2.23. The molecular formula is C13H12BrNO2. The van der Waals surface area contributed by atoms with Crippen LogP contribution in [-0.4, -0.2) is 10.1 Å². The molecule has 2 rings (SSSR count). The van der Waals surface area contributed by atoms with E-state index in [0.717, 1.165) is 10.2 Å². The van der Waals surface area contributed by atoms with Crippen LogP contribution in [0.5, 0.6) is 11.5 Å². The van der Waals surface area contributed by atoms with E-state index in [1.165, 1.54) is 0 Å². The van der Waals surface area contributed by atoms with E-state index in [9.17, 15) is 5.11 Å². The number of rotatable bonds is 3. The van der Waals surface area contributed by atoms with E-state index < -0.39 is 6.10 Å². The molecule has 0 amide bonds. The Morgan fingerprint density at radius 1 is 1.12 bits per heavy atom. The first-order chi connectivity index (χ1) is 8.15. The molecule has 1 N–H and O–H groups in total. The van der Waals surface area contributed by atoms with Crippen molar-refractivity contribution in [1.29, 1.82) is 0 Å². The Labute approximate surface area is 108 Å². The van der Waals surface area contributed by atoms with Gasteiger partial charge < -0.3 is 9.84 Å². The van der Waals surface area contributed by atoms with Crippen molar-refractivity contribution in [3.63, 3.8) is 0 Å². The Hall–Kier alpha value is -1.39. The number of benzene rings is 1. The Kier molecular flexibility index (Phi) is 3.76. The van der Waals surface area contributed by atoms with Gasteiger partial charge in [0.25, 0.3) is 0 Å². The van der Waals surface area contributed by atoms with Crippen LogP contribution >= 0.6 is 15.9 Å². The summed E-state index contributed by atoms with van der Waals surface area (Å²) in [6, 6.07) is 11.1. The van der Waals surface area contributed by atoms with Crippen LogP contribution in [0.1, 0.15) is 18.7 Å². The average Bonchev–Trinajstić information content (AvgIpc) is 2.33. The fourth-order valence-corrected chi connectivity index (χ4v) is 1.60. The molecular weight excluding hydrogens is 282 g/mol. The SMILES string of the molecule is C[C@@H](O)c1ccc(Oc2ccc(Br)cc2)cn1. The molecule has 0 saturated heterocycles. The average molecular weight is 294 g/mol. The van der Waals surface area contributed by atoms with Crippen LogP contribution < -0.4 is 4.74 Å². The van der Waals surface area contributed by atoms with Gasteiger partial charge in [-0.2, -0.15) is 0 Å². The minimum Gasteiger partial charge on any atom is -0.456 e. The van der Waals surface area contributed by atoms with Gasteiger partial charge in [-0.3, -0.25) is 4.98 Å². The summed E-state index contributed by atoms with van der Waals surface area (Å²) >= 11 is 3.36. The Balaban J connectivity index is 2.11. The van der Waals surface area contributed by atoms with Crippen molar-refractivity contribution in [2.24, 2.45) is 0 Å². The Morgan fingerprint density at radius 2 is 1.76 bits per heavy atom. The van der Waals surface area contributed by atoms with Crippen LogP contribution in [0, 0.1) is 0 Å². The molecule has 17 heavy (non-hydrogen) atoms. The van der Waals surface area contributed by atoms with E-state index in [0.29, 0.717) is 11.4 Å². The molecule has 0 spiro atoms. The van der Waals surface area contributed by atoms with Gasteiger partial charge in [0.05, 0.1) is 18.0 Å². The topological polar surface area (TPSA) is 42.4 Å². The van der Waals surface area contributed by atoms with E-state index in [-0.39, 0.29) is 0 Å². The number of aliphatic hydroxyl groups excluding tert-OH is 1. The fraction of sp³-hybridized carbons (Fsp3) is 0.154. The number of aromatic nitrogens is 1. The third kappa shape index (κ3) is 3.28. The monoisotopic (exact) mass is 293 g/mol. The van der Waals surface area contributed by atoms with E-state index in [1.807, 2.05) is 24.3 Å². The van der Waals surface area contributed by atoms with Crippen molar-refractivity contribution in [3.8, 4) is 11.5 Å². The molecule has 3 nitrogen and oxygen atoms in total. The number of halogens is 1. The summed E-state index contributed by atoms with van der Waals surface area (Å²) in [4.78, 5) is 4.11. The standard InChI is InChI=1S/C13H12BrNO2/c1-9(16)13-7-6-12(8-15-13)17-11-4-2-10(14)3-5-11/h2-9,16H,1H3/t9-/m1/s1. The van der Waals surface area contributed by atoms with E-state index in [2.05, 4.69) is 20.9 Å². The van der Waals surface area contributed by atoms with Crippen molar-refractivity contribution in [1.82, 2.24) is 4.98 Å². The Morgan fingerprint density at radius 3 is 2.29 bits per heavy atom. The molecule has 0 bridgehead atoms. The highest BCUT2D eigenvalue weighted by atomic mass is 79.9. The number of ether oxygens (including phenoxy) is 1. The van der Waals surface area contributed by atoms with Gasteiger partial charge in [0.15, 0.2) is 0 Å². The van der Waals surface area contributed by atoms with Crippen molar-refractivity contribution in [3.05, 3.63) is 52.8 Å². The first-order valence-corrected chi connectivity index (χ1v) is 6.02. The van der Waals surface area contributed by atoms with Crippen LogP contribution in [0.3, 0.4) is 0 Å². The molecule has 0 aliphatic rings. The van der Waals surface area contributed by atoms with Crippen LogP contribution in [0.25, 0.3) is 0 Å². The summed E-state index contributed by atoms with van der Waals surface area (Å²) < 4.78 is 6.61. The Bertz CT molecular complexity index is 480. The summed E-state index contributed by atoms with van der Waals surface area (Å²) in [5, 5.41) is 9.33. The van der Waals surface area contributed by atoms with Gasteiger partial charge in [0.1, 0.15) is 11.5 Å². The summed E-state index contributed by atoms with van der Waals surface area (Å²) in [5.41, 5.74) is 0.633. The molecule has 1 heterocycles. The highest BCUT2D eigenvalue weighted by molar-refractivity contribution is 9.10. The van der Waals surface area contributed by atoms with Crippen LogP contribution in [0.2, 0.25) is 0 Å². The minimum absolute atomic E-state index is 0.559. The molecule has 1 atom stereocenters. The van der Waals surface area contributed by atoms with Gasteiger partial charge in [-0.25, -0.2) is 0 Å². The first-order valence-electron chi connectivity index (χ1n) is 5.22. The molecule has 0 fully saturated rings. The number of hydrogen-bond donors (Lipinski definition) is 1. The normalized spacial score (nSPS) is 12.2. The quantitative estimate of drug-likeness (QED) is 0.938. The fourth-order valence-electron chi connectivity index (χ4n) is 1.34. The second-order valence-electron chi connectivity index (χ2n) is 3.65. The number of aliphatic hydroxyl groups is 1. The van der Waals surface area contributed by atoms with E-state index in [1.54, 1.807) is 25.3 Å². The van der Waals surface area contributed by atoms with Gasteiger partial charge in [-0.05, 0) is 43.3 Å². The van der Waals surface area contributed by atoms with Gasteiger partial charge in [0.2, 0.25) is 0 Å². The highest BCUT2D eigenvalue weighted by Gasteiger charge is 2.03. The summed E-state index contributed by atoms with van der Waals surface area (Å²) in [7, 11) is 0. The summed E-state index contributed by atoms with van der Waals surface area (Å²) in [6.07, 6.45) is 1.04. The van der Waals surface area contributed by atoms with Crippen molar-refractivity contribution < 1.29 is 9.84 Å². The zero-order chi connectivity index (χ0) is 12.3. The van der Waals surface area contributed by atoms with Crippen LogP contribution in [0.15, 0.2) is 47.1 Å². The minimum atomic E-state index is -0.559. The summed E-state index contributed by atoms with van der Waals surface area (Å²) in [6.45, 7) is 1.68. The van der Waals surface area contributed by atoms with Crippen molar-refractivity contribution in [2.75, 3.05) is 0 Å². The van der Waals surface area contributed by atoms with Crippen LogP contribution in [0.4, 0.5) is 0 Å². The lowest BCUT2D eigenvalue weighted by Gasteiger charge is -2.07. The lowest BCUT2D eigenvalue weighted by atomic mass is 10.2. The third-order valence-electron chi connectivity index (χ3n) is 2.24. The van der Waals surface area contributed by atoms with Gasteiger partial charge >= 0.3 is 0 Å². The third-order valence-corrected chi connectivity index (χ3v) is 2.77. The molecule has 0 aliphatic heterocycles. The molecule has 1 aromatic heterocycles. The zero-order valence-corrected chi connectivity index (χ0v) is 10.9. The number of pyridine rings is 1. The molecule has 0 saturated carbocycles. The number of nitrogens with zero attached hydrogens (tertiary/aromatic N) is 1. The number of hydrogen-bond acceptors (Lipinski definition) is 3. The maximum atomic E-state index is 9.33. The second kappa shape index (κ2) is 5.29. The van der Waals surface area contributed by atoms with Crippen molar-refractivity contribution >= 4 is 15.9 Å². The molecule has 1 aromatic carbocycles. The maximum Gasteiger partial charge on any atom is 0.145 e. The molecule has 4 heteroatoms. The van der Waals surface area contributed by atoms with E-state index >= 15 is 0 Å². The zero-order valence-electron chi connectivity index (χ0n) is 9.30. The molecule has 88 valence electrons. The molecule has 0 unspecified atom stereocenters. The van der Waals surface area contributed by atoms with Gasteiger partial charge in [-0.1, -0.05) is 15.9 Å². The predicted molar refractivity (Wildman–Crippen MR) is 69.1 cm³/mol. The second-order valence-corrected chi connectivity index (χ2v) is 4.57. The molecule has 0 radical (unpaired) electrons. The molecule has 2 aromatic rings. The largest absolute Gasteiger partial charge is 0.456 e. The van der Waals surface area contributed by atoms with Gasteiger partial charge in [-0.15, -0.1) is 0 Å². The lowest BCUT2D eigenvalue weighted by molar-refractivity contribution is 0.194. The predicted octanol–water partition coefficient (Wildman–Crippen LogP) is 3.69. The maximum absolute atomic E-state index is 9.33. The molecule has 0 aliphatic carbocycles. The van der Waals surface area contributed by atoms with Crippen LogP contribution in [-0.2, 0) is 0 Å². The smallest absolute Gasteiger partial charge is 0.145 e. The summed E-state index contributed by atoms with van der Waals surface area (Å²) in [5.74, 6) is 1.40. The first kappa shape index (κ1) is 12.1. The van der Waals surface area contributed by atoms with E-state index in [4.69, 9.17) is 4.74 Å². The van der Waals surface area contributed by atoms with Gasteiger partial charge in [0, 0.05) is 4.47 Å².